The predicted octanol–water partition coefficient (Wildman–Crippen LogP) is 3.26. The molecule has 0 spiro atoms. The van der Waals surface area contributed by atoms with Crippen molar-refractivity contribution in [1.29, 1.82) is 0 Å². The molecule has 0 radical (unpaired) electrons. The molecule has 0 saturated carbocycles. The van der Waals surface area contributed by atoms with Crippen LogP contribution in [0.1, 0.15) is 38.5 Å². The molecule has 0 N–H and O–H groups in total. The summed E-state index contributed by atoms with van der Waals surface area (Å²) in [7, 11) is 0. The molecule has 74 valence electrons. The summed E-state index contributed by atoms with van der Waals surface area (Å²) in [6.07, 6.45) is 15.5. The van der Waals surface area contributed by atoms with Crippen LogP contribution in [-0.4, -0.2) is 11.4 Å². The summed E-state index contributed by atoms with van der Waals surface area (Å²) < 4.78 is 0. The lowest BCUT2D eigenvalue weighted by molar-refractivity contribution is 0.864. The van der Waals surface area contributed by atoms with E-state index >= 15 is 0 Å². The van der Waals surface area contributed by atoms with Crippen molar-refractivity contribution in [3.05, 3.63) is 24.3 Å². The summed E-state index contributed by atoms with van der Waals surface area (Å²) in [5, 5.41) is 8.55. The molecule has 0 amide bonds. The minimum atomic E-state index is 1.08. The zero-order chi connectivity index (χ0) is 9.64. The number of nitrogens with zero attached hydrogens (tertiary/aromatic N) is 2. The van der Waals surface area contributed by atoms with Crippen LogP contribution < -0.4 is 0 Å². The van der Waals surface area contributed by atoms with Gasteiger partial charge in [0.25, 0.3) is 0 Å². The van der Waals surface area contributed by atoms with Gasteiger partial charge in [0.1, 0.15) is 0 Å². The van der Waals surface area contributed by atoms with Crippen molar-refractivity contribution in [2.75, 3.05) is 0 Å². The Kier molecular flexibility index (Phi) is 3.28. The van der Waals surface area contributed by atoms with Crippen LogP contribution in [-0.2, 0) is 0 Å². The summed E-state index contributed by atoms with van der Waals surface area (Å²) in [6, 6.07) is 0. The van der Waals surface area contributed by atoms with Crippen molar-refractivity contribution in [1.82, 2.24) is 0 Å². The van der Waals surface area contributed by atoms with Crippen molar-refractivity contribution < 1.29 is 0 Å². The zero-order valence-corrected chi connectivity index (χ0v) is 8.45. The highest BCUT2D eigenvalue weighted by Gasteiger charge is 2.01. The molecule has 2 nitrogen and oxygen atoms in total. The van der Waals surface area contributed by atoms with E-state index in [1.54, 1.807) is 0 Å². The van der Waals surface area contributed by atoms with Crippen molar-refractivity contribution in [3.8, 4) is 0 Å². The Morgan fingerprint density at radius 2 is 1.29 bits per heavy atom. The van der Waals surface area contributed by atoms with E-state index < -0.39 is 0 Å². The van der Waals surface area contributed by atoms with Crippen molar-refractivity contribution in [2.45, 2.75) is 38.5 Å². The molecular formula is C12H16N2. The van der Waals surface area contributed by atoms with Crippen molar-refractivity contribution >= 4 is 11.4 Å². The molecule has 0 atom stereocenters. The molecule has 2 aliphatic carbocycles. The predicted molar refractivity (Wildman–Crippen MR) is 60.9 cm³/mol. The third kappa shape index (κ3) is 2.66. The first-order valence-corrected chi connectivity index (χ1v) is 5.41. The second kappa shape index (κ2) is 4.89. The lowest BCUT2D eigenvalue weighted by Gasteiger charge is -2.05. The Bertz CT molecular complexity index is 276. The van der Waals surface area contributed by atoms with Gasteiger partial charge in [-0.15, -0.1) is 0 Å². The summed E-state index contributed by atoms with van der Waals surface area (Å²) >= 11 is 0. The van der Waals surface area contributed by atoms with Gasteiger partial charge in [-0.05, 0) is 50.7 Å². The van der Waals surface area contributed by atoms with Gasteiger partial charge >= 0.3 is 0 Å². The van der Waals surface area contributed by atoms with Gasteiger partial charge in [-0.1, -0.05) is 12.2 Å². The topological polar surface area (TPSA) is 24.7 Å². The summed E-state index contributed by atoms with van der Waals surface area (Å²) in [5.74, 6) is 0. The second-order valence-corrected chi connectivity index (χ2v) is 3.77. The number of hydrogen-bond donors (Lipinski definition) is 0. The summed E-state index contributed by atoms with van der Waals surface area (Å²) in [5.41, 5.74) is 2.26. The molecule has 0 unspecified atom stereocenters. The Balaban J connectivity index is 2.02. The number of hydrogen-bond acceptors (Lipinski definition) is 2. The minimum Gasteiger partial charge on any atom is -0.155 e. The van der Waals surface area contributed by atoms with E-state index in [1.807, 2.05) is 0 Å². The molecule has 0 aromatic carbocycles. The number of allylic oxidation sites excluding steroid dienone is 4. The third-order valence-corrected chi connectivity index (χ3v) is 2.53. The fraction of sp³-hybridized carbons (Fsp3) is 0.500. The second-order valence-electron chi connectivity index (χ2n) is 3.77. The molecule has 2 rings (SSSR count). The maximum Gasteiger partial charge on any atom is 0.0627 e. The standard InChI is InChI=1S/C12H16N2/c1-3-7-11(8-4-1)13-14-12-9-5-2-6-10-12/h3,5,7,9H,1-2,4,6,8,10H2. The van der Waals surface area contributed by atoms with Crippen molar-refractivity contribution in [3.63, 3.8) is 0 Å². The normalized spacial score (nSPS) is 27.4. The molecule has 0 aromatic heterocycles. The minimum absolute atomic E-state index is 1.08. The average molecular weight is 188 g/mol. The van der Waals surface area contributed by atoms with Gasteiger partial charge in [-0.3, -0.25) is 0 Å². The first-order chi connectivity index (χ1) is 6.95. The van der Waals surface area contributed by atoms with Crippen LogP contribution >= 0.6 is 0 Å². The van der Waals surface area contributed by atoms with Crippen molar-refractivity contribution in [2.24, 2.45) is 10.2 Å². The van der Waals surface area contributed by atoms with Gasteiger partial charge in [0, 0.05) is 0 Å². The van der Waals surface area contributed by atoms with E-state index in [9.17, 15) is 0 Å². The lowest BCUT2D eigenvalue weighted by atomic mass is 10.1. The van der Waals surface area contributed by atoms with Gasteiger partial charge in [-0.25, -0.2) is 0 Å². The fourth-order valence-electron chi connectivity index (χ4n) is 1.70. The fourth-order valence-corrected chi connectivity index (χ4v) is 1.70. The monoisotopic (exact) mass is 188 g/mol. The molecule has 0 heterocycles. The Labute approximate surface area is 85.1 Å². The third-order valence-electron chi connectivity index (χ3n) is 2.53. The molecule has 0 aromatic rings. The maximum atomic E-state index is 4.27. The van der Waals surface area contributed by atoms with Crippen LogP contribution in [0.5, 0.6) is 0 Å². The van der Waals surface area contributed by atoms with E-state index in [4.69, 9.17) is 0 Å². The maximum absolute atomic E-state index is 4.27. The first-order valence-electron chi connectivity index (χ1n) is 5.41. The first kappa shape index (κ1) is 9.38. The summed E-state index contributed by atoms with van der Waals surface area (Å²) in [4.78, 5) is 0. The smallest absolute Gasteiger partial charge is 0.0627 e. The molecule has 0 bridgehead atoms. The molecule has 0 fully saturated rings. The Morgan fingerprint density at radius 3 is 1.64 bits per heavy atom. The Hall–Kier alpha value is -1.18. The highest BCUT2D eigenvalue weighted by atomic mass is 15.2. The van der Waals surface area contributed by atoms with E-state index in [1.165, 1.54) is 25.7 Å². The highest BCUT2D eigenvalue weighted by Crippen LogP contribution is 2.10. The van der Waals surface area contributed by atoms with Crippen LogP contribution in [0.3, 0.4) is 0 Å². The van der Waals surface area contributed by atoms with E-state index in [0.29, 0.717) is 0 Å². The highest BCUT2D eigenvalue weighted by molar-refractivity contribution is 5.98. The molecule has 2 heteroatoms. The average Bonchev–Trinajstić information content (AvgIpc) is 2.29. The zero-order valence-electron chi connectivity index (χ0n) is 8.45. The van der Waals surface area contributed by atoms with E-state index in [0.717, 1.165) is 24.3 Å². The van der Waals surface area contributed by atoms with Crippen LogP contribution in [0, 0.1) is 0 Å². The van der Waals surface area contributed by atoms with Crippen LogP contribution in [0.15, 0.2) is 34.5 Å². The molecule has 2 aliphatic rings. The van der Waals surface area contributed by atoms with E-state index in [-0.39, 0.29) is 0 Å². The molecular weight excluding hydrogens is 172 g/mol. The quantitative estimate of drug-likeness (QED) is 0.564. The lowest BCUT2D eigenvalue weighted by Crippen LogP contribution is -2.00. The van der Waals surface area contributed by atoms with Crippen LogP contribution in [0.2, 0.25) is 0 Å². The van der Waals surface area contributed by atoms with Gasteiger partial charge in [0.2, 0.25) is 0 Å². The SMILES string of the molecule is C1=CC(=NN=C2C=CCCC2)CCC1. The van der Waals surface area contributed by atoms with Crippen LogP contribution in [0.4, 0.5) is 0 Å². The van der Waals surface area contributed by atoms with Gasteiger partial charge in [0.15, 0.2) is 0 Å². The van der Waals surface area contributed by atoms with Gasteiger partial charge in [0.05, 0.1) is 11.4 Å². The van der Waals surface area contributed by atoms with E-state index in [2.05, 4.69) is 34.5 Å². The molecule has 0 saturated heterocycles. The van der Waals surface area contributed by atoms with Gasteiger partial charge in [-0.2, -0.15) is 10.2 Å². The Morgan fingerprint density at radius 1 is 0.786 bits per heavy atom. The molecule has 0 aliphatic heterocycles. The molecule has 14 heavy (non-hydrogen) atoms. The largest absolute Gasteiger partial charge is 0.155 e. The number of rotatable bonds is 1. The van der Waals surface area contributed by atoms with Gasteiger partial charge < -0.3 is 0 Å². The summed E-state index contributed by atoms with van der Waals surface area (Å²) in [6.45, 7) is 0. The van der Waals surface area contributed by atoms with Crippen LogP contribution in [0.25, 0.3) is 0 Å².